The standard InChI is InChI=1S/C17H13FN2O2/c1-10-15-16(21)13-9-11(18)7-8-14(13)22-17(15)20(19-10)12-5-3-2-4-6-12/h2-9,15,17H,1H3. The van der Waals surface area contributed by atoms with Gasteiger partial charge in [0.05, 0.1) is 17.0 Å². The quantitative estimate of drug-likeness (QED) is 0.811. The van der Waals surface area contributed by atoms with Crippen LogP contribution in [0, 0.1) is 11.7 Å². The topological polar surface area (TPSA) is 41.9 Å². The molecule has 2 aliphatic rings. The zero-order valence-electron chi connectivity index (χ0n) is 11.9. The van der Waals surface area contributed by atoms with Gasteiger partial charge in [-0.25, -0.2) is 9.40 Å². The maximum Gasteiger partial charge on any atom is 0.207 e. The predicted octanol–water partition coefficient (Wildman–Crippen LogP) is 3.24. The number of carbonyl (C=O) groups excluding carboxylic acids is 1. The van der Waals surface area contributed by atoms with Crippen molar-refractivity contribution in [3.63, 3.8) is 0 Å². The number of hydrogen-bond donors (Lipinski definition) is 0. The van der Waals surface area contributed by atoms with Crippen LogP contribution in [0.5, 0.6) is 5.75 Å². The lowest BCUT2D eigenvalue weighted by Gasteiger charge is -2.32. The van der Waals surface area contributed by atoms with Gasteiger partial charge in [-0.05, 0) is 37.3 Å². The molecule has 2 heterocycles. The van der Waals surface area contributed by atoms with Gasteiger partial charge in [0.2, 0.25) is 6.23 Å². The monoisotopic (exact) mass is 296 g/mol. The van der Waals surface area contributed by atoms with Crippen molar-refractivity contribution in [1.82, 2.24) is 0 Å². The zero-order chi connectivity index (χ0) is 15.3. The second kappa shape index (κ2) is 4.66. The van der Waals surface area contributed by atoms with Crippen LogP contribution >= 0.6 is 0 Å². The van der Waals surface area contributed by atoms with Gasteiger partial charge in [0.15, 0.2) is 5.78 Å². The van der Waals surface area contributed by atoms with Crippen LogP contribution in [0.1, 0.15) is 17.3 Å². The van der Waals surface area contributed by atoms with Crippen molar-refractivity contribution in [1.29, 1.82) is 0 Å². The molecular formula is C17H13FN2O2. The maximum atomic E-state index is 13.4. The molecule has 0 radical (unpaired) electrons. The maximum absolute atomic E-state index is 13.4. The fraction of sp³-hybridized carbons (Fsp3) is 0.176. The van der Waals surface area contributed by atoms with Crippen LogP contribution in [0.3, 0.4) is 0 Å². The lowest BCUT2D eigenvalue weighted by atomic mass is 9.90. The van der Waals surface area contributed by atoms with Crippen molar-refractivity contribution in [2.45, 2.75) is 13.2 Å². The number of anilines is 1. The first kappa shape index (κ1) is 13.0. The van der Waals surface area contributed by atoms with Crippen molar-refractivity contribution in [2.75, 3.05) is 5.01 Å². The Morgan fingerprint density at radius 1 is 1.18 bits per heavy atom. The summed E-state index contributed by atoms with van der Waals surface area (Å²) in [5.74, 6) is -0.694. The lowest BCUT2D eigenvalue weighted by molar-refractivity contribution is 0.0785. The van der Waals surface area contributed by atoms with Crippen LogP contribution in [0.4, 0.5) is 10.1 Å². The highest BCUT2D eigenvalue weighted by Crippen LogP contribution is 2.38. The van der Waals surface area contributed by atoms with Gasteiger partial charge in [0.25, 0.3) is 0 Å². The van der Waals surface area contributed by atoms with Gasteiger partial charge in [-0.1, -0.05) is 18.2 Å². The number of Topliss-reactive ketones (excluding diaryl/α,β-unsaturated/α-hetero) is 1. The first-order valence-corrected chi connectivity index (χ1v) is 7.05. The Morgan fingerprint density at radius 3 is 2.73 bits per heavy atom. The Hall–Kier alpha value is -2.69. The fourth-order valence-electron chi connectivity index (χ4n) is 2.95. The molecule has 2 aliphatic heterocycles. The Bertz CT molecular complexity index is 789. The van der Waals surface area contributed by atoms with Gasteiger partial charge in [-0.2, -0.15) is 5.10 Å². The van der Waals surface area contributed by atoms with E-state index >= 15 is 0 Å². The largest absolute Gasteiger partial charge is 0.467 e. The average Bonchev–Trinajstić information content (AvgIpc) is 2.86. The third-order valence-corrected chi connectivity index (χ3v) is 4.00. The zero-order valence-corrected chi connectivity index (χ0v) is 11.9. The number of fused-ring (bicyclic) bond motifs is 2. The molecule has 2 atom stereocenters. The summed E-state index contributed by atoms with van der Waals surface area (Å²) in [6, 6.07) is 13.6. The van der Waals surface area contributed by atoms with Gasteiger partial charge in [0.1, 0.15) is 17.5 Å². The summed E-state index contributed by atoms with van der Waals surface area (Å²) < 4.78 is 19.3. The smallest absolute Gasteiger partial charge is 0.207 e. The van der Waals surface area contributed by atoms with Crippen LogP contribution in [-0.2, 0) is 0 Å². The third kappa shape index (κ3) is 1.82. The van der Waals surface area contributed by atoms with Gasteiger partial charge in [0, 0.05) is 0 Å². The first-order chi connectivity index (χ1) is 10.6. The van der Waals surface area contributed by atoms with Crippen LogP contribution < -0.4 is 9.75 Å². The average molecular weight is 296 g/mol. The van der Waals surface area contributed by atoms with Gasteiger partial charge < -0.3 is 4.74 Å². The highest BCUT2D eigenvalue weighted by Gasteiger charge is 2.47. The Morgan fingerprint density at radius 2 is 1.95 bits per heavy atom. The molecule has 0 spiro atoms. The molecule has 2 aromatic carbocycles. The molecule has 0 aliphatic carbocycles. The van der Waals surface area contributed by atoms with E-state index in [0.29, 0.717) is 11.5 Å². The van der Waals surface area contributed by atoms with Crippen LogP contribution in [0.25, 0.3) is 0 Å². The highest BCUT2D eigenvalue weighted by molar-refractivity contribution is 6.15. The molecular weight excluding hydrogens is 283 g/mol. The Labute approximate surface area is 126 Å². The summed E-state index contributed by atoms with van der Waals surface area (Å²) in [5, 5.41) is 6.18. The summed E-state index contributed by atoms with van der Waals surface area (Å²) in [6.45, 7) is 1.80. The summed E-state index contributed by atoms with van der Waals surface area (Å²) in [6.07, 6.45) is -0.520. The molecule has 0 amide bonds. The van der Waals surface area contributed by atoms with Crippen LogP contribution in [0.2, 0.25) is 0 Å². The van der Waals surface area contributed by atoms with E-state index in [0.717, 1.165) is 5.69 Å². The molecule has 0 saturated heterocycles. The number of hydrogen-bond acceptors (Lipinski definition) is 4. The number of halogens is 1. The molecule has 2 aromatic rings. The summed E-state index contributed by atoms with van der Waals surface area (Å²) in [5.41, 5.74) is 1.81. The van der Waals surface area contributed by atoms with E-state index < -0.39 is 18.0 Å². The number of ketones is 1. The van der Waals surface area contributed by atoms with E-state index in [1.54, 1.807) is 11.9 Å². The number of nitrogens with zero attached hydrogens (tertiary/aromatic N) is 2. The normalized spacial score (nSPS) is 22.7. The minimum Gasteiger partial charge on any atom is -0.467 e. The van der Waals surface area contributed by atoms with Crippen molar-refractivity contribution in [3.8, 4) is 5.75 Å². The molecule has 2 unspecified atom stereocenters. The minimum atomic E-state index is -0.520. The number of rotatable bonds is 1. The third-order valence-electron chi connectivity index (χ3n) is 4.00. The lowest BCUT2D eigenvalue weighted by Crippen LogP contribution is -2.45. The van der Waals surface area contributed by atoms with Gasteiger partial charge >= 0.3 is 0 Å². The fourth-order valence-corrected chi connectivity index (χ4v) is 2.95. The molecule has 110 valence electrons. The van der Waals surface area contributed by atoms with Crippen molar-refractivity contribution in [2.24, 2.45) is 11.0 Å². The van der Waals surface area contributed by atoms with E-state index in [9.17, 15) is 9.18 Å². The van der Waals surface area contributed by atoms with Gasteiger partial charge in [-0.15, -0.1) is 0 Å². The molecule has 4 nitrogen and oxygen atoms in total. The van der Waals surface area contributed by atoms with E-state index in [1.165, 1.54) is 18.2 Å². The summed E-state index contributed by atoms with van der Waals surface area (Å²) in [7, 11) is 0. The molecule has 0 saturated carbocycles. The predicted molar refractivity (Wildman–Crippen MR) is 80.7 cm³/mol. The highest BCUT2D eigenvalue weighted by atomic mass is 19.1. The SMILES string of the molecule is CC1=NN(c2ccccc2)C2Oc3ccc(F)cc3C(=O)C12. The molecule has 4 rings (SSSR count). The molecule has 0 N–H and O–H groups in total. The Kier molecular flexibility index (Phi) is 2.76. The van der Waals surface area contributed by atoms with Gasteiger partial charge in [-0.3, -0.25) is 4.79 Å². The van der Waals surface area contributed by atoms with Crippen molar-refractivity contribution < 1.29 is 13.9 Å². The Balaban J connectivity index is 1.79. The van der Waals surface area contributed by atoms with Crippen molar-refractivity contribution in [3.05, 3.63) is 59.9 Å². The van der Waals surface area contributed by atoms with E-state index in [1.807, 2.05) is 30.3 Å². The van der Waals surface area contributed by atoms with E-state index in [-0.39, 0.29) is 11.3 Å². The summed E-state index contributed by atoms with van der Waals surface area (Å²) >= 11 is 0. The number of benzene rings is 2. The van der Waals surface area contributed by atoms with Crippen LogP contribution in [-0.4, -0.2) is 17.7 Å². The number of hydrazone groups is 1. The van der Waals surface area contributed by atoms with E-state index in [2.05, 4.69) is 5.10 Å². The molecule has 0 aromatic heterocycles. The van der Waals surface area contributed by atoms with Crippen LogP contribution in [0.15, 0.2) is 53.6 Å². The van der Waals surface area contributed by atoms with Crippen molar-refractivity contribution >= 4 is 17.2 Å². The second-order valence-corrected chi connectivity index (χ2v) is 5.41. The number of ether oxygens (including phenoxy) is 1. The summed E-state index contributed by atoms with van der Waals surface area (Å²) in [4.78, 5) is 12.7. The minimum absolute atomic E-state index is 0.148. The molecule has 0 bridgehead atoms. The molecule has 5 heteroatoms. The first-order valence-electron chi connectivity index (χ1n) is 7.05. The molecule has 0 fully saturated rings. The molecule has 22 heavy (non-hydrogen) atoms. The second-order valence-electron chi connectivity index (χ2n) is 5.41. The number of carbonyl (C=O) groups is 1. The number of para-hydroxylation sites is 1. The van der Waals surface area contributed by atoms with E-state index in [4.69, 9.17) is 4.74 Å².